The lowest BCUT2D eigenvalue weighted by Gasteiger charge is -2.17. The average molecular weight is 304 g/mol. The predicted molar refractivity (Wildman–Crippen MR) is 84.2 cm³/mol. The molecule has 2 N–H and O–H groups in total. The summed E-state index contributed by atoms with van der Waals surface area (Å²) in [5, 5.41) is 10.00. The highest BCUT2D eigenvalue weighted by Gasteiger charge is 2.17. The van der Waals surface area contributed by atoms with Gasteiger partial charge in [0.15, 0.2) is 5.16 Å². The van der Waals surface area contributed by atoms with Crippen molar-refractivity contribution in [1.29, 1.82) is 0 Å². The molecule has 2 rings (SSSR count). The van der Waals surface area contributed by atoms with Gasteiger partial charge in [0.2, 0.25) is 5.91 Å². The van der Waals surface area contributed by atoms with E-state index in [-0.39, 0.29) is 11.2 Å². The van der Waals surface area contributed by atoms with Crippen molar-refractivity contribution < 1.29 is 4.79 Å². The highest BCUT2D eigenvalue weighted by molar-refractivity contribution is 8.00. The molecule has 21 heavy (non-hydrogen) atoms. The second-order valence-corrected chi connectivity index (χ2v) is 6.14. The highest BCUT2D eigenvalue weighted by atomic mass is 32.2. The molecule has 0 spiro atoms. The molecule has 1 aromatic carbocycles. The number of hydrogen-bond acceptors (Lipinski definition) is 4. The third kappa shape index (κ3) is 4.60. The van der Waals surface area contributed by atoms with Gasteiger partial charge in [-0.3, -0.25) is 9.89 Å². The minimum Gasteiger partial charge on any atom is -0.355 e. The highest BCUT2D eigenvalue weighted by Crippen LogP contribution is 2.20. The van der Waals surface area contributed by atoms with E-state index in [0.717, 1.165) is 6.42 Å². The molecule has 0 unspecified atom stereocenters. The van der Waals surface area contributed by atoms with Gasteiger partial charge in [-0.25, -0.2) is 4.98 Å². The Morgan fingerprint density at radius 1 is 1.38 bits per heavy atom. The van der Waals surface area contributed by atoms with E-state index in [4.69, 9.17) is 0 Å². The van der Waals surface area contributed by atoms with E-state index in [2.05, 4.69) is 39.6 Å². The molecule has 2 atom stereocenters. The second kappa shape index (κ2) is 7.83. The van der Waals surface area contributed by atoms with Crippen LogP contribution in [0.15, 0.2) is 41.8 Å². The summed E-state index contributed by atoms with van der Waals surface area (Å²) in [5.74, 6) is 0.364. The van der Waals surface area contributed by atoms with Gasteiger partial charge in [-0.1, -0.05) is 49.0 Å². The van der Waals surface area contributed by atoms with Crippen molar-refractivity contribution in [2.24, 2.45) is 0 Å². The Bertz CT molecular complexity index is 544. The molecular formula is C15H20N4OS. The maximum atomic E-state index is 12.1. The third-order valence-electron chi connectivity index (χ3n) is 3.34. The van der Waals surface area contributed by atoms with Crippen LogP contribution in [0.4, 0.5) is 0 Å². The Balaban J connectivity index is 1.84. The fourth-order valence-corrected chi connectivity index (χ4v) is 2.80. The average Bonchev–Trinajstić information content (AvgIpc) is 3.01. The summed E-state index contributed by atoms with van der Waals surface area (Å²) in [5.41, 5.74) is 1.26. The van der Waals surface area contributed by atoms with Crippen molar-refractivity contribution in [3.05, 3.63) is 42.2 Å². The van der Waals surface area contributed by atoms with Gasteiger partial charge in [-0.05, 0) is 18.9 Å². The van der Waals surface area contributed by atoms with Gasteiger partial charge < -0.3 is 5.32 Å². The van der Waals surface area contributed by atoms with Crippen LogP contribution >= 0.6 is 11.8 Å². The number of aromatic amines is 1. The van der Waals surface area contributed by atoms with Gasteiger partial charge in [0, 0.05) is 12.5 Å². The molecule has 0 saturated heterocycles. The molecule has 6 heteroatoms. The Kier molecular flexibility index (Phi) is 5.80. The zero-order chi connectivity index (χ0) is 15.1. The molecular weight excluding hydrogens is 284 g/mol. The van der Waals surface area contributed by atoms with E-state index in [1.54, 1.807) is 0 Å². The monoisotopic (exact) mass is 304 g/mol. The Labute approximate surface area is 128 Å². The van der Waals surface area contributed by atoms with Crippen LogP contribution in [0.2, 0.25) is 0 Å². The molecule has 0 aliphatic heterocycles. The van der Waals surface area contributed by atoms with Crippen LogP contribution < -0.4 is 5.32 Å². The topological polar surface area (TPSA) is 70.7 Å². The zero-order valence-electron chi connectivity index (χ0n) is 12.2. The summed E-state index contributed by atoms with van der Waals surface area (Å²) in [6.07, 6.45) is 2.43. The summed E-state index contributed by atoms with van der Waals surface area (Å²) < 4.78 is 0. The normalized spacial score (nSPS) is 13.6. The first-order valence-electron chi connectivity index (χ1n) is 7.05. The van der Waals surface area contributed by atoms with E-state index in [1.807, 2.05) is 25.1 Å². The molecule has 1 amide bonds. The van der Waals surface area contributed by atoms with Gasteiger partial charge in [0.1, 0.15) is 6.33 Å². The smallest absolute Gasteiger partial charge is 0.233 e. The number of amides is 1. The second-order valence-electron chi connectivity index (χ2n) is 4.81. The van der Waals surface area contributed by atoms with E-state index in [1.165, 1.54) is 23.7 Å². The van der Waals surface area contributed by atoms with Crippen LogP contribution in [0.25, 0.3) is 0 Å². The molecule has 112 valence electrons. The number of thioether (sulfide) groups is 1. The van der Waals surface area contributed by atoms with Gasteiger partial charge in [-0.15, -0.1) is 0 Å². The number of H-pyrrole nitrogens is 1. The minimum absolute atomic E-state index is 0.0192. The van der Waals surface area contributed by atoms with Crippen molar-refractivity contribution in [1.82, 2.24) is 20.5 Å². The lowest BCUT2D eigenvalue weighted by molar-refractivity contribution is -0.120. The Morgan fingerprint density at radius 3 is 2.76 bits per heavy atom. The summed E-state index contributed by atoms with van der Waals surface area (Å²) >= 11 is 1.37. The first-order valence-corrected chi connectivity index (χ1v) is 7.93. The third-order valence-corrected chi connectivity index (χ3v) is 4.32. The largest absolute Gasteiger partial charge is 0.355 e. The van der Waals surface area contributed by atoms with Crippen molar-refractivity contribution in [2.75, 3.05) is 6.54 Å². The molecule has 0 saturated carbocycles. The number of benzene rings is 1. The number of nitrogens with zero attached hydrogens (tertiary/aromatic N) is 2. The van der Waals surface area contributed by atoms with Crippen LogP contribution in [0.5, 0.6) is 0 Å². The minimum atomic E-state index is -0.203. The van der Waals surface area contributed by atoms with Crippen molar-refractivity contribution in [3.8, 4) is 0 Å². The molecule has 1 aromatic heterocycles. The first-order chi connectivity index (χ1) is 10.2. The molecule has 5 nitrogen and oxygen atoms in total. The SMILES string of the molecule is CC[C@H](CNC(=O)[C@H](C)Sc1ncn[nH]1)c1ccccc1. The Hall–Kier alpha value is -1.82. The van der Waals surface area contributed by atoms with Crippen molar-refractivity contribution in [3.63, 3.8) is 0 Å². The van der Waals surface area contributed by atoms with Crippen molar-refractivity contribution >= 4 is 17.7 Å². The van der Waals surface area contributed by atoms with Gasteiger partial charge in [0.25, 0.3) is 0 Å². The fraction of sp³-hybridized carbons (Fsp3) is 0.400. The molecule has 0 aliphatic carbocycles. The fourth-order valence-electron chi connectivity index (χ4n) is 2.06. The maximum Gasteiger partial charge on any atom is 0.233 e. The van der Waals surface area contributed by atoms with Crippen LogP contribution in [0.1, 0.15) is 31.7 Å². The van der Waals surface area contributed by atoms with Crippen LogP contribution in [-0.4, -0.2) is 32.9 Å². The maximum absolute atomic E-state index is 12.1. The quantitative estimate of drug-likeness (QED) is 0.771. The standard InChI is InChI=1S/C15H20N4OS/c1-3-12(13-7-5-4-6-8-13)9-16-14(20)11(2)21-15-17-10-18-19-15/h4-8,10-12H,3,9H2,1-2H3,(H,16,20)(H,17,18,19)/t11-,12+/m0/s1. The van der Waals surface area contributed by atoms with Gasteiger partial charge in [-0.2, -0.15) is 5.10 Å². The molecule has 0 bridgehead atoms. The summed E-state index contributed by atoms with van der Waals surface area (Å²) in [7, 11) is 0. The number of rotatable bonds is 7. The van der Waals surface area contributed by atoms with Crippen LogP contribution in [0.3, 0.4) is 0 Å². The number of hydrogen-bond donors (Lipinski definition) is 2. The van der Waals surface area contributed by atoms with E-state index in [0.29, 0.717) is 17.6 Å². The van der Waals surface area contributed by atoms with E-state index in [9.17, 15) is 4.79 Å². The summed E-state index contributed by atoms with van der Waals surface area (Å²) in [6.45, 7) is 4.66. The van der Waals surface area contributed by atoms with E-state index < -0.39 is 0 Å². The Morgan fingerprint density at radius 2 is 2.14 bits per heavy atom. The van der Waals surface area contributed by atoms with Crippen molar-refractivity contribution in [2.45, 2.75) is 36.6 Å². The lowest BCUT2D eigenvalue weighted by atomic mass is 9.96. The number of nitrogens with one attached hydrogen (secondary N) is 2. The molecule has 1 heterocycles. The number of carbonyl (C=O) groups is 1. The first kappa shape index (κ1) is 15.6. The molecule has 0 radical (unpaired) electrons. The molecule has 2 aromatic rings. The summed E-state index contributed by atoms with van der Waals surface area (Å²) in [6, 6.07) is 10.3. The van der Waals surface area contributed by atoms with Crippen LogP contribution in [-0.2, 0) is 4.79 Å². The predicted octanol–water partition coefficient (Wildman–Crippen LogP) is 2.60. The van der Waals surface area contributed by atoms with Gasteiger partial charge in [0.05, 0.1) is 5.25 Å². The molecule has 0 aliphatic rings. The number of aromatic nitrogens is 3. The zero-order valence-corrected chi connectivity index (χ0v) is 13.1. The van der Waals surface area contributed by atoms with Crippen LogP contribution in [0, 0.1) is 0 Å². The summed E-state index contributed by atoms with van der Waals surface area (Å²) in [4.78, 5) is 16.1. The molecule has 0 fully saturated rings. The van der Waals surface area contributed by atoms with Gasteiger partial charge >= 0.3 is 0 Å². The number of carbonyl (C=O) groups excluding carboxylic acids is 1. The van der Waals surface area contributed by atoms with E-state index >= 15 is 0 Å². The lowest BCUT2D eigenvalue weighted by Crippen LogP contribution is -2.34.